The fraction of sp³-hybridized carbons (Fsp3) is 0.467. The highest BCUT2D eigenvalue weighted by atomic mass is 16.5. The standard InChI is InChI=1S/C15H19NO/c1-4-5-8-16-11-12-6-7-14-13(9-12)10-15(2,3)17-14/h1,6-7,9,16H,5,8,10-11H2,2-3H3. The lowest BCUT2D eigenvalue weighted by Crippen LogP contribution is -2.24. The maximum atomic E-state index is 5.85. The molecule has 2 heteroatoms. The molecule has 2 nitrogen and oxygen atoms in total. The van der Waals surface area contributed by atoms with Crippen LogP contribution in [0.4, 0.5) is 0 Å². The van der Waals surface area contributed by atoms with Gasteiger partial charge in [0.2, 0.25) is 0 Å². The van der Waals surface area contributed by atoms with E-state index in [-0.39, 0.29) is 5.60 Å². The van der Waals surface area contributed by atoms with Crippen LogP contribution < -0.4 is 10.1 Å². The van der Waals surface area contributed by atoms with Crippen LogP contribution in [-0.4, -0.2) is 12.1 Å². The third-order valence-corrected chi connectivity index (χ3v) is 2.90. The minimum atomic E-state index is -0.0577. The highest BCUT2D eigenvalue weighted by Crippen LogP contribution is 2.35. The topological polar surface area (TPSA) is 21.3 Å². The average Bonchev–Trinajstić information content (AvgIpc) is 2.57. The van der Waals surface area contributed by atoms with Gasteiger partial charge in [0.25, 0.3) is 0 Å². The van der Waals surface area contributed by atoms with Crippen LogP contribution >= 0.6 is 0 Å². The van der Waals surface area contributed by atoms with Crippen molar-refractivity contribution >= 4 is 0 Å². The van der Waals surface area contributed by atoms with Crippen LogP contribution in [0.25, 0.3) is 0 Å². The van der Waals surface area contributed by atoms with Gasteiger partial charge in [0, 0.05) is 25.9 Å². The molecule has 1 heterocycles. The second-order valence-electron chi connectivity index (χ2n) is 5.11. The highest BCUT2D eigenvalue weighted by Gasteiger charge is 2.29. The van der Waals surface area contributed by atoms with Gasteiger partial charge >= 0.3 is 0 Å². The smallest absolute Gasteiger partial charge is 0.123 e. The maximum absolute atomic E-state index is 5.85. The molecule has 0 fully saturated rings. The third-order valence-electron chi connectivity index (χ3n) is 2.90. The van der Waals surface area contributed by atoms with Crippen LogP contribution in [0, 0.1) is 12.3 Å². The van der Waals surface area contributed by atoms with Crippen molar-refractivity contribution in [3.63, 3.8) is 0 Å². The quantitative estimate of drug-likeness (QED) is 0.632. The van der Waals surface area contributed by atoms with E-state index in [2.05, 4.69) is 43.3 Å². The number of fused-ring (bicyclic) bond motifs is 1. The van der Waals surface area contributed by atoms with Crippen LogP contribution in [0.15, 0.2) is 18.2 Å². The van der Waals surface area contributed by atoms with E-state index in [1.165, 1.54) is 11.1 Å². The molecule has 0 spiro atoms. The zero-order valence-electron chi connectivity index (χ0n) is 10.5. The molecule has 2 rings (SSSR count). The Balaban J connectivity index is 1.97. The van der Waals surface area contributed by atoms with Gasteiger partial charge in [0.15, 0.2) is 0 Å². The first-order valence-corrected chi connectivity index (χ1v) is 6.06. The van der Waals surface area contributed by atoms with Gasteiger partial charge in [0.05, 0.1) is 0 Å². The van der Waals surface area contributed by atoms with Crippen molar-refractivity contribution in [2.45, 2.75) is 38.8 Å². The van der Waals surface area contributed by atoms with Gasteiger partial charge in [-0.3, -0.25) is 0 Å². The van der Waals surface area contributed by atoms with Crippen LogP contribution in [0.5, 0.6) is 5.75 Å². The SMILES string of the molecule is C#CCCNCc1ccc2c(c1)CC(C)(C)O2. The van der Waals surface area contributed by atoms with E-state index in [1.807, 2.05) is 0 Å². The molecule has 1 aliphatic rings. The van der Waals surface area contributed by atoms with E-state index in [0.29, 0.717) is 0 Å². The molecule has 1 aliphatic heterocycles. The average molecular weight is 229 g/mol. The number of nitrogens with one attached hydrogen (secondary N) is 1. The summed E-state index contributed by atoms with van der Waals surface area (Å²) < 4.78 is 5.85. The second kappa shape index (κ2) is 4.81. The molecule has 90 valence electrons. The van der Waals surface area contributed by atoms with Crippen molar-refractivity contribution in [2.75, 3.05) is 6.54 Å². The largest absolute Gasteiger partial charge is 0.487 e. The molecule has 0 aromatic heterocycles. The van der Waals surface area contributed by atoms with E-state index >= 15 is 0 Å². The highest BCUT2D eigenvalue weighted by molar-refractivity contribution is 5.41. The van der Waals surface area contributed by atoms with Crippen molar-refractivity contribution in [1.82, 2.24) is 5.32 Å². The van der Waals surface area contributed by atoms with E-state index in [0.717, 1.165) is 31.7 Å². The monoisotopic (exact) mass is 229 g/mol. The first kappa shape index (κ1) is 12.0. The lowest BCUT2D eigenvalue weighted by molar-refractivity contribution is 0.138. The zero-order valence-corrected chi connectivity index (χ0v) is 10.5. The number of rotatable bonds is 4. The molecule has 17 heavy (non-hydrogen) atoms. The number of terminal acetylenes is 1. The lowest BCUT2D eigenvalue weighted by Gasteiger charge is -2.16. The Labute approximate surface area is 103 Å². The fourth-order valence-electron chi connectivity index (χ4n) is 2.17. The fourth-order valence-corrected chi connectivity index (χ4v) is 2.17. The van der Waals surface area contributed by atoms with E-state index in [1.54, 1.807) is 0 Å². The van der Waals surface area contributed by atoms with Gasteiger partial charge in [-0.25, -0.2) is 0 Å². The van der Waals surface area contributed by atoms with E-state index in [4.69, 9.17) is 11.2 Å². The number of ether oxygens (including phenoxy) is 1. The summed E-state index contributed by atoms with van der Waals surface area (Å²) in [5.74, 6) is 3.65. The van der Waals surface area contributed by atoms with Crippen molar-refractivity contribution < 1.29 is 4.74 Å². The van der Waals surface area contributed by atoms with E-state index in [9.17, 15) is 0 Å². The molecule has 0 aliphatic carbocycles. The summed E-state index contributed by atoms with van der Waals surface area (Å²) in [5.41, 5.74) is 2.55. The molecule has 0 saturated heterocycles. The van der Waals surface area contributed by atoms with Crippen LogP contribution in [-0.2, 0) is 13.0 Å². The molecule has 0 radical (unpaired) electrons. The van der Waals surface area contributed by atoms with Gasteiger partial charge in [-0.05, 0) is 31.0 Å². The van der Waals surface area contributed by atoms with Gasteiger partial charge in [0.1, 0.15) is 11.4 Å². The Bertz CT molecular complexity index is 443. The summed E-state index contributed by atoms with van der Waals surface area (Å²) in [6.07, 6.45) is 6.97. The molecule has 0 amide bonds. The van der Waals surface area contributed by atoms with Gasteiger partial charge < -0.3 is 10.1 Å². The summed E-state index contributed by atoms with van der Waals surface area (Å²) >= 11 is 0. The Morgan fingerprint density at radius 3 is 3.06 bits per heavy atom. The predicted octanol–water partition coefficient (Wildman–Crippen LogP) is 2.51. The van der Waals surface area contributed by atoms with Crippen molar-refractivity contribution in [3.8, 4) is 18.1 Å². The molecule has 0 saturated carbocycles. The van der Waals surface area contributed by atoms with Crippen LogP contribution in [0.3, 0.4) is 0 Å². The van der Waals surface area contributed by atoms with Crippen molar-refractivity contribution in [3.05, 3.63) is 29.3 Å². The Morgan fingerprint density at radius 2 is 2.29 bits per heavy atom. The summed E-state index contributed by atoms with van der Waals surface area (Å²) in [7, 11) is 0. The number of hydrogen-bond acceptors (Lipinski definition) is 2. The molecule has 0 bridgehead atoms. The van der Waals surface area contributed by atoms with Gasteiger partial charge in [-0.2, -0.15) is 0 Å². The third kappa shape index (κ3) is 3.01. The molecular formula is C15H19NO. The summed E-state index contributed by atoms with van der Waals surface area (Å²) in [5, 5.41) is 3.33. The first-order valence-electron chi connectivity index (χ1n) is 6.06. The lowest BCUT2D eigenvalue weighted by atomic mass is 10.0. The zero-order chi connectivity index (χ0) is 12.3. The van der Waals surface area contributed by atoms with Crippen LogP contribution in [0.2, 0.25) is 0 Å². The Kier molecular flexibility index (Phi) is 3.40. The van der Waals surface area contributed by atoms with Crippen LogP contribution in [0.1, 0.15) is 31.4 Å². The normalized spacial score (nSPS) is 16.1. The summed E-state index contributed by atoms with van der Waals surface area (Å²) in [6, 6.07) is 6.42. The van der Waals surface area contributed by atoms with Crippen molar-refractivity contribution in [2.24, 2.45) is 0 Å². The molecule has 1 aromatic rings. The first-order chi connectivity index (χ1) is 8.11. The number of benzene rings is 1. The summed E-state index contributed by atoms with van der Waals surface area (Å²) in [4.78, 5) is 0. The Hall–Kier alpha value is -1.46. The van der Waals surface area contributed by atoms with Crippen molar-refractivity contribution in [1.29, 1.82) is 0 Å². The minimum Gasteiger partial charge on any atom is -0.487 e. The molecule has 1 aromatic carbocycles. The maximum Gasteiger partial charge on any atom is 0.123 e. The molecule has 0 atom stereocenters. The van der Waals surface area contributed by atoms with E-state index < -0.39 is 0 Å². The summed E-state index contributed by atoms with van der Waals surface area (Å²) in [6.45, 7) is 5.99. The van der Waals surface area contributed by atoms with Gasteiger partial charge in [-0.15, -0.1) is 12.3 Å². The Morgan fingerprint density at radius 1 is 1.47 bits per heavy atom. The molecule has 1 N–H and O–H groups in total. The number of hydrogen-bond donors (Lipinski definition) is 1. The molecular weight excluding hydrogens is 210 g/mol. The minimum absolute atomic E-state index is 0.0577. The second-order valence-corrected chi connectivity index (χ2v) is 5.11. The van der Waals surface area contributed by atoms with Gasteiger partial charge in [-0.1, -0.05) is 12.1 Å². The molecule has 0 unspecified atom stereocenters. The predicted molar refractivity (Wildman–Crippen MR) is 70.0 cm³/mol.